The second-order valence-corrected chi connectivity index (χ2v) is 8.22. The van der Waals surface area contributed by atoms with Gasteiger partial charge >= 0.3 is 11.9 Å². The van der Waals surface area contributed by atoms with E-state index in [9.17, 15) is 14.4 Å². The van der Waals surface area contributed by atoms with Crippen LogP contribution >= 0.6 is 11.8 Å². The predicted octanol–water partition coefficient (Wildman–Crippen LogP) is 1.63. The first-order valence-corrected chi connectivity index (χ1v) is 10.8. The number of ether oxygens (including phenoxy) is 3. The number of rotatable bonds is 11. The van der Waals surface area contributed by atoms with Gasteiger partial charge in [-0.05, 0) is 18.6 Å². The molecule has 1 amide bonds. The summed E-state index contributed by atoms with van der Waals surface area (Å²) in [4.78, 5) is 34.5. The zero-order valence-electron chi connectivity index (χ0n) is 17.1. The fourth-order valence-electron chi connectivity index (χ4n) is 3.18. The lowest BCUT2D eigenvalue weighted by Gasteiger charge is -2.44. The van der Waals surface area contributed by atoms with E-state index < -0.39 is 24.1 Å². The van der Waals surface area contributed by atoms with Crippen LogP contribution < -0.4 is 5.32 Å². The third-order valence-corrected chi connectivity index (χ3v) is 5.77. The van der Waals surface area contributed by atoms with Crippen LogP contribution in [0.2, 0.25) is 0 Å². The first-order chi connectivity index (χ1) is 13.3. The molecular weight excluding hydrogens is 386 g/mol. The number of hydrogen-bond acceptors (Lipinski definition) is 8. The molecule has 2 N–H and O–H groups in total. The Morgan fingerprint density at radius 1 is 1.07 bits per heavy atom. The normalized spacial score (nSPS) is 27.1. The summed E-state index contributed by atoms with van der Waals surface area (Å²) in [6, 6.07) is -0.335. The van der Waals surface area contributed by atoms with E-state index in [2.05, 4.69) is 5.32 Å². The third kappa shape index (κ3) is 8.79. The van der Waals surface area contributed by atoms with E-state index in [0.29, 0.717) is 0 Å². The molecule has 0 bridgehead atoms. The zero-order chi connectivity index (χ0) is 21.1. The van der Waals surface area contributed by atoms with Crippen molar-refractivity contribution in [1.29, 1.82) is 0 Å². The molecule has 1 aliphatic heterocycles. The molecule has 0 aromatic heterocycles. The minimum absolute atomic E-state index is 0.0159. The molecule has 0 spiro atoms. The molecule has 162 valence electrons. The quantitative estimate of drug-likeness (QED) is 0.384. The summed E-state index contributed by atoms with van der Waals surface area (Å²) >= 11 is 1.59. The largest absolute Gasteiger partial charge is 0.463 e. The summed E-state index contributed by atoms with van der Waals surface area (Å²) < 4.78 is 16.7. The maximum Gasteiger partial charge on any atom is 0.303 e. The topological polar surface area (TPSA) is 111 Å². The molecule has 1 heterocycles. The number of carbonyl (C=O) groups excluding carboxylic acids is 3. The van der Waals surface area contributed by atoms with Gasteiger partial charge in [0.25, 0.3) is 0 Å². The van der Waals surface area contributed by atoms with E-state index in [1.165, 1.54) is 20.8 Å². The van der Waals surface area contributed by atoms with Gasteiger partial charge in [0.2, 0.25) is 5.91 Å². The minimum Gasteiger partial charge on any atom is -0.463 e. The molecule has 8 nitrogen and oxygen atoms in total. The molecule has 9 heteroatoms. The monoisotopic (exact) mass is 419 g/mol. The van der Waals surface area contributed by atoms with Crippen molar-refractivity contribution >= 4 is 29.6 Å². The molecule has 28 heavy (non-hydrogen) atoms. The van der Waals surface area contributed by atoms with Crippen LogP contribution in [-0.4, -0.2) is 65.6 Å². The Balaban J connectivity index is 2.82. The standard InChI is InChI=1S/C19H33NO7S/c1-12-17(20-13(2)22)19(28-10-8-6-5-7-9-21)27-16(11-25-14(3)23)18(12)26-15(4)24/h12,16-19,21H,5-11H2,1-4H3,(H,20,22). The van der Waals surface area contributed by atoms with E-state index in [1.54, 1.807) is 11.8 Å². The molecule has 5 atom stereocenters. The number of aliphatic hydroxyl groups is 1. The molecule has 0 radical (unpaired) electrons. The number of hydrogen-bond donors (Lipinski definition) is 2. The lowest BCUT2D eigenvalue weighted by atomic mass is 9.89. The number of unbranched alkanes of at least 4 members (excludes halogenated alkanes) is 3. The van der Waals surface area contributed by atoms with Crippen molar-refractivity contribution in [3.8, 4) is 0 Å². The summed E-state index contributed by atoms with van der Waals surface area (Å²) in [5.74, 6) is -0.458. The van der Waals surface area contributed by atoms with Crippen LogP contribution in [-0.2, 0) is 28.6 Å². The fraction of sp³-hybridized carbons (Fsp3) is 0.842. The van der Waals surface area contributed by atoms with Crippen LogP contribution in [0.4, 0.5) is 0 Å². The second-order valence-electron chi connectivity index (χ2n) is 7.01. The average Bonchev–Trinajstić information content (AvgIpc) is 2.61. The van der Waals surface area contributed by atoms with Gasteiger partial charge in [0, 0.05) is 33.3 Å². The molecule has 0 aromatic carbocycles. The molecule has 1 fully saturated rings. The molecule has 0 aromatic rings. The van der Waals surface area contributed by atoms with Crippen molar-refractivity contribution in [2.75, 3.05) is 19.0 Å². The van der Waals surface area contributed by atoms with Crippen LogP contribution in [0.3, 0.4) is 0 Å². The Hall–Kier alpha value is -1.32. The van der Waals surface area contributed by atoms with E-state index >= 15 is 0 Å². The SMILES string of the molecule is CC(=O)NC1C(SCCCCCCO)OC(COC(C)=O)C(OC(C)=O)C1C. The van der Waals surface area contributed by atoms with E-state index in [0.717, 1.165) is 31.4 Å². The van der Waals surface area contributed by atoms with Crippen molar-refractivity contribution in [2.45, 2.75) is 77.1 Å². The smallest absolute Gasteiger partial charge is 0.303 e. The minimum atomic E-state index is -0.630. The Labute approximate surface area is 171 Å². The van der Waals surface area contributed by atoms with Gasteiger partial charge in [-0.1, -0.05) is 19.8 Å². The number of amides is 1. The van der Waals surface area contributed by atoms with Crippen molar-refractivity contribution in [1.82, 2.24) is 5.32 Å². The average molecular weight is 420 g/mol. The van der Waals surface area contributed by atoms with Gasteiger partial charge in [-0.3, -0.25) is 14.4 Å². The Kier molecular flexibility index (Phi) is 11.5. The first kappa shape index (κ1) is 24.7. The van der Waals surface area contributed by atoms with Crippen molar-refractivity contribution in [3.63, 3.8) is 0 Å². The van der Waals surface area contributed by atoms with Gasteiger partial charge in [0.15, 0.2) is 0 Å². The summed E-state index contributed by atoms with van der Waals surface area (Å²) in [6.07, 6.45) is 2.51. The highest BCUT2D eigenvalue weighted by atomic mass is 32.2. The lowest BCUT2D eigenvalue weighted by Crippen LogP contribution is -2.60. The molecule has 1 rings (SSSR count). The summed E-state index contributed by atoms with van der Waals surface area (Å²) in [5, 5.41) is 11.8. The Bertz CT molecular complexity index is 515. The maximum atomic E-state index is 11.7. The van der Waals surface area contributed by atoms with E-state index in [1.807, 2.05) is 6.92 Å². The van der Waals surface area contributed by atoms with Gasteiger partial charge in [0.05, 0.1) is 6.04 Å². The van der Waals surface area contributed by atoms with Crippen molar-refractivity contribution < 1.29 is 33.7 Å². The number of carbonyl (C=O) groups is 3. The second kappa shape index (κ2) is 13.0. The Morgan fingerprint density at radius 2 is 1.75 bits per heavy atom. The first-order valence-electron chi connectivity index (χ1n) is 9.71. The van der Waals surface area contributed by atoms with Crippen LogP contribution in [0.5, 0.6) is 0 Å². The van der Waals surface area contributed by atoms with E-state index in [-0.39, 0.29) is 36.5 Å². The molecular formula is C19H33NO7S. The fourth-order valence-corrected chi connectivity index (χ4v) is 4.53. The summed E-state index contributed by atoms with van der Waals surface area (Å²) in [5.41, 5.74) is -0.343. The van der Waals surface area contributed by atoms with Crippen LogP contribution in [0.1, 0.15) is 53.4 Å². The van der Waals surface area contributed by atoms with Gasteiger partial charge in [-0.2, -0.15) is 0 Å². The highest BCUT2D eigenvalue weighted by Crippen LogP contribution is 2.34. The zero-order valence-corrected chi connectivity index (χ0v) is 18.0. The highest BCUT2D eigenvalue weighted by molar-refractivity contribution is 7.99. The van der Waals surface area contributed by atoms with Gasteiger partial charge in [-0.15, -0.1) is 11.8 Å². The van der Waals surface area contributed by atoms with Crippen molar-refractivity contribution in [2.24, 2.45) is 5.92 Å². The predicted molar refractivity (Wildman–Crippen MR) is 106 cm³/mol. The molecule has 1 saturated heterocycles. The van der Waals surface area contributed by atoms with Gasteiger partial charge in [-0.25, -0.2) is 0 Å². The molecule has 0 saturated carbocycles. The third-order valence-electron chi connectivity index (χ3n) is 4.51. The number of esters is 2. The molecule has 0 aliphatic carbocycles. The Morgan fingerprint density at radius 3 is 2.32 bits per heavy atom. The molecule has 1 aliphatic rings. The number of thioether (sulfide) groups is 1. The van der Waals surface area contributed by atoms with Gasteiger partial charge < -0.3 is 24.6 Å². The number of aliphatic hydroxyl groups excluding tert-OH is 1. The van der Waals surface area contributed by atoms with E-state index in [4.69, 9.17) is 19.3 Å². The van der Waals surface area contributed by atoms with Crippen LogP contribution in [0.15, 0.2) is 0 Å². The summed E-state index contributed by atoms with van der Waals surface area (Å²) in [6.45, 7) is 6.15. The van der Waals surface area contributed by atoms with Crippen LogP contribution in [0.25, 0.3) is 0 Å². The van der Waals surface area contributed by atoms with Crippen molar-refractivity contribution in [3.05, 3.63) is 0 Å². The summed E-state index contributed by atoms with van der Waals surface area (Å²) in [7, 11) is 0. The lowest BCUT2D eigenvalue weighted by molar-refractivity contribution is -0.187. The van der Waals surface area contributed by atoms with Crippen LogP contribution in [0, 0.1) is 5.92 Å². The maximum absolute atomic E-state index is 11.7. The highest BCUT2D eigenvalue weighted by Gasteiger charge is 2.46. The molecule has 5 unspecified atom stereocenters. The number of nitrogens with one attached hydrogen (secondary N) is 1. The van der Waals surface area contributed by atoms with Gasteiger partial charge in [0.1, 0.15) is 24.3 Å².